The van der Waals surface area contributed by atoms with Crippen molar-refractivity contribution in [3.05, 3.63) is 59.4 Å². The molecule has 3 rings (SSSR count). The maximum atomic E-state index is 12.8. The number of benzene rings is 1. The molecule has 1 saturated heterocycles. The molecule has 7 heteroatoms. The van der Waals surface area contributed by atoms with Gasteiger partial charge in [-0.1, -0.05) is 18.6 Å². The number of carbonyl (C=O) groups is 1. The van der Waals surface area contributed by atoms with Crippen LogP contribution < -0.4 is 5.32 Å². The van der Waals surface area contributed by atoms with E-state index in [1.165, 1.54) is 10.4 Å². The molecular weight excluding hydrogens is 350 g/mol. The number of nitrogens with one attached hydrogen (secondary N) is 1. The largest absolute Gasteiger partial charge is 0.348 e. The number of amides is 1. The zero-order valence-electron chi connectivity index (χ0n) is 14.8. The van der Waals surface area contributed by atoms with Crippen LogP contribution in [0.5, 0.6) is 0 Å². The quantitative estimate of drug-likeness (QED) is 0.873. The first-order valence-corrected chi connectivity index (χ1v) is 10.2. The molecule has 0 saturated carbocycles. The molecule has 6 nitrogen and oxygen atoms in total. The van der Waals surface area contributed by atoms with E-state index < -0.39 is 10.0 Å². The van der Waals surface area contributed by atoms with E-state index in [0.29, 0.717) is 25.2 Å². The molecule has 2 heterocycles. The Labute approximate surface area is 154 Å². The van der Waals surface area contributed by atoms with E-state index in [1.807, 2.05) is 6.07 Å². The van der Waals surface area contributed by atoms with Crippen molar-refractivity contribution in [2.24, 2.45) is 0 Å². The predicted octanol–water partition coefficient (Wildman–Crippen LogP) is 2.49. The van der Waals surface area contributed by atoms with Gasteiger partial charge in [0, 0.05) is 37.6 Å². The number of pyridine rings is 1. The molecule has 1 N–H and O–H groups in total. The molecule has 1 aliphatic heterocycles. The van der Waals surface area contributed by atoms with Gasteiger partial charge in [0.1, 0.15) is 0 Å². The lowest BCUT2D eigenvalue weighted by Crippen LogP contribution is -2.35. The molecule has 0 spiro atoms. The third-order valence-corrected chi connectivity index (χ3v) is 6.48. The summed E-state index contributed by atoms with van der Waals surface area (Å²) in [6, 6.07) is 8.43. The normalized spacial score (nSPS) is 15.6. The second-order valence-electron chi connectivity index (χ2n) is 6.49. The van der Waals surface area contributed by atoms with E-state index in [4.69, 9.17) is 0 Å². The highest BCUT2D eigenvalue weighted by molar-refractivity contribution is 7.89. The van der Waals surface area contributed by atoms with Crippen LogP contribution in [0.25, 0.3) is 0 Å². The Hall–Kier alpha value is -2.25. The molecule has 2 aromatic rings. The minimum absolute atomic E-state index is 0.177. The summed E-state index contributed by atoms with van der Waals surface area (Å²) in [5.41, 5.74) is 2.01. The third-order valence-electron chi connectivity index (χ3n) is 4.58. The van der Waals surface area contributed by atoms with Gasteiger partial charge in [-0.15, -0.1) is 0 Å². The number of carbonyl (C=O) groups excluding carboxylic acids is 1. The van der Waals surface area contributed by atoms with Gasteiger partial charge in [0.05, 0.1) is 4.90 Å². The van der Waals surface area contributed by atoms with Gasteiger partial charge in [-0.05, 0) is 49.1 Å². The fourth-order valence-corrected chi connectivity index (χ4v) is 4.58. The number of sulfonamides is 1. The Morgan fingerprint density at radius 1 is 1.19 bits per heavy atom. The standard InChI is InChI=1S/C19H23N3O3S/c1-15-7-8-17(26(24,25)22-10-3-2-4-11-22)12-18(15)19(23)21-14-16-6-5-9-20-13-16/h5-9,12-13H,2-4,10-11,14H2,1H3,(H,21,23). The monoisotopic (exact) mass is 373 g/mol. The first kappa shape index (κ1) is 18.5. The number of rotatable bonds is 5. The van der Waals surface area contributed by atoms with Crippen LogP contribution in [0, 0.1) is 6.92 Å². The van der Waals surface area contributed by atoms with Crippen LogP contribution in [-0.2, 0) is 16.6 Å². The average Bonchev–Trinajstić information content (AvgIpc) is 2.68. The summed E-state index contributed by atoms with van der Waals surface area (Å²) >= 11 is 0. The lowest BCUT2D eigenvalue weighted by Gasteiger charge is -2.26. The lowest BCUT2D eigenvalue weighted by atomic mass is 10.1. The minimum atomic E-state index is -3.56. The molecule has 0 atom stereocenters. The topological polar surface area (TPSA) is 79.4 Å². The molecule has 1 amide bonds. The second-order valence-corrected chi connectivity index (χ2v) is 8.42. The highest BCUT2D eigenvalue weighted by atomic mass is 32.2. The number of nitrogens with zero attached hydrogens (tertiary/aromatic N) is 2. The Kier molecular flexibility index (Phi) is 5.68. The van der Waals surface area contributed by atoms with Crippen LogP contribution in [0.1, 0.15) is 40.7 Å². The summed E-state index contributed by atoms with van der Waals surface area (Å²) in [4.78, 5) is 16.7. The Morgan fingerprint density at radius 3 is 2.65 bits per heavy atom. The fourth-order valence-electron chi connectivity index (χ4n) is 3.04. The van der Waals surface area contributed by atoms with Crippen molar-refractivity contribution in [1.29, 1.82) is 0 Å². The van der Waals surface area contributed by atoms with Crippen molar-refractivity contribution in [3.63, 3.8) is 0 Å². The molecule has 0 unspecified atom stereocenters. The molecule has 1 fully saturated rings. The van der Waals surface area contributed by atoms with Crippen LogP contribution in [0.4, 0.5) is 0 Å². The van der Waals surface area contributed by atoms with E-state index in [0.717, 1.165) is 30.4 Å². The molecular formula is C19H23N3O3S. The highest BCUT2D eigenvalue weighted by Crippen LogP contribution is 2.23. The van der Waals surface area contributed by atoms with Crippen molar-refractivity contribution in [3.8, 4) is 0 Å². The summed E-state index contributed by atoms with van der Waals surface area (Å²) in [5, 5.41) is 2.83. The summed E-state index contributed by atoms with van der Waals surface area (Å²) < 4.78 is 27.2. The maximum absolute atomic E-state index is 12.8. The van der Waals surface area contributed by atoms with Crippen LogP contribution in [0.15, 0.2) is 47.6 Å². The van der Waals surface area contributed by atoms with Crippen LogP contribution in [-0.4, -0.2) is 36.7 Å². The van der Waals surface area contributed by atoms with Gasteiger partial charge in [0.2, 0.25) is 10.0 Å². The van der Waals surface area contributed by atoms with Gasteiger partial charge < -0.3 is 5.32 Å². The van der Waals surface area contributed by atoms with Crippen LogP contribution >= 0.6 is 0 Å². The number of piperidine rings is 1. The van der Waals surface area contributed by atoms with E-state index >= 15 is 0 Å². The minimum Gasteiger partial charge on any atom is -0.348 e. The maximum Gasteiger partial charge on any atom is 0.251 e. The summed E-state index contributed by atoms with van der Waals surface area (Å²) in [6.45, 7) is 3.23. The smallest absolute Gasteiger partial charge is 0.251 e. The number of hydrogen-bond donors (Lipinski definition) is 1. The zero-order chi connectivity index (χ0) is 18.6. The van der Waals surface area contributed by atoms with Gasteiger partial charge in [0.15, 0.2) is 0 Å². The molecule has 0 aliphatic carbocycles. The molecule has 138 valence electrons. The van der Waals surface area contributed by atoms with Crippen molar-refractivity contribution in [1.82, 2.24) is 14.6 Å². The average molecular weight is 373 g/mol. The van der Waals surface area contributed by atoms with Crippen molar-refractivity contribution in [2.45, 2.75) is 37.6 Å². The predicted molar refractivity (Wildman–Crippen MR) is 99.2 cm³/mol. The Balaban J connectivity index is 1.79. The van der Waals surface area contributed by atoms with Crippen LogP contribution in [0.2, 0.25) is 0 Å². The lowest BCUT2D eigenvalue weighted by molar-refractivity contribution is 0.0950. The van der Waals surface area contributed by atoms with Crippen molar-refractivity contribution >= 4 is 15.9 Å². The van der Waals surface area contributed by atoms with E-state index in [2.05, 4.69) is 10.3 Å². The van der Waals surface area contributed by atoms with Gasteiger partial charge in [0.25, 0.3) is 5.91 Å². The summed E-state index contributed by atoms with van der Waals surface area (Å²) in [7, 11) is -3.56. The van der Waals surface area contributed by atoms with E-state index in [-0.39, 0.29) is 10.8 Å². The highest BCUT2D eigenvalue weighted by Gasteiger charge is 2.27. The SMILES string of the molecule is Cc1ccc(S(=O)(=O)N2CCCCC2)cc1C(=O)NCc1cccnc1. The molecule has 26 heavy (non-hydrogen) atoms. The molecule has 1 aromatic carbocycles. The van der Waals surface area contributed by atoms with Crippen molar-refractivity contribution in [2.75, 3.05) is 13.1 Å². The van der Waals surface area contributed by atoms with E-state index in [9.17, 15) is 13.2 Å². The summed E-state index contributed by atoms with van der Waals surface area (Å²) in [6.07, 6.45) is 6.17. The fraction of sp³-hybridized carbons (Fsp3) is 0.368. The van der Waals surface area contributed by atoms with Gasteiger partial charge in [-0.2, -0.15) is 4.31 Å². The zero-order valence-corrected chi connectivity index (χ0v) is 15.6. The molecule has 1 aliphatic rings. The third kappa shape index (κ3) is 4.11. The Morgan fingerprint density at radius 2 is 1.96 bits per heavy atom. The second kappa shape index (κ2) is 7.97. The molecule has 1 aromatic heterocycles. The van der Waals surface area contributed by atoms with E-state index in [1.54, 1.807) is 37.5 Å². The number of hydrogen-bond acceptors (Lipinski definition) is 4. The van der Waals surface area contributed by atoms with Gasteiger partial charge in [-0.25, -0.2) is 8.42 Å². The van der Waals surface area contributed by atoms with Gasteiger partial charge >= 0.3 is 0 Å². The first-order valence-electron chi connectivity index (χ1n) is 8.76. The number of aromatic nitrogens is 1. The number of aryl methyl sites for hydroxylation is 1. The molecule has 0 bridgehead atoms. The Bertz CT molecular complexity index is 876. The van der Waals surface area contributed by atoms with Crippen molar-refractivity contribution < 1.29 is 13.2 Å². The molecule has 0 radical (unpaired) electrons. The first-order chi connectivity index (χ1) is 12.5. The summed E-state index contributed by atoms with van der Waals surface area (Å²) in [5.74, 6) is -0.290. The van der Waals surface area contributed by atoms with Gasteiger partial charge in [-0.3, -0.25) is 9.78 Å². The van der Waals surface area contributed by atoms with Crippen LogP contribution in [0.3, 0.4) is 0 Å².